The Hall–Kier alpha value is -2.51. The van der Waals surface area contributed by atoms with E-state index in [1.165, 1.54) is 5.56 Å². The summed E-state index contributed by atoms with van der Waals surface area (Å²) < 4.78 is 10.3. The number of Topliss-reactive ketones (excluding diaryl/α,β-unsaturated/α-hetero) is 1. The molecule has 1 aliphatic rings. The van der Waals surface area contributed by atoms with Crippen molar-refractivity contribution < 1.29 is 34.1 Å². The first-order valence-electron chi connectivity index (χ1n) is 14.8. The summed E-state index contributed by atoms with van der Waals surface area (Å²) in [6.45, 7) is 2.26. The maximum absolute atomic E-state index is 12.4. The van der Waals surface area contributed by atoms with Gasteiger partial charge in [0.15, 0.2) is 0 Å². The lowest BCUT2D eigenvalue weighted by Crippen LogP contribution is -2.19. The Kier molecular flexibility index (Phi) is 16.4. The highest BCUT2D eigenvalue weighted by Crippen LogP contribution is 2.34. The molecule has 1 fully saturated rings. The van der Waals surface area contributed by atoms with Crippen LogP contribution >= 0.6 is 0 Å². The van der Waals surface area contributed by atoms with Crippen LogP contribution in [0.5, 0.6) is 0 Å². The molecule has 0 amide bonds. The molecule has 218 valence electrons. The molecule has 7 heteroatoms. The molecule has 1 aromatic rings. The Labute approximate surface area is 234 Å². The number of unbranched alkanes of at least 4 members (excludes halogenated alkanes) is 5. The van der Waals surface area contributed by atoms with Crippen molar-refractivity contribution in [3.63, 3.8) is 0 Å². The summed E-state index contributed by atoms with van der Waals surface area (Å²) in [7, 11) is 0. The molecule has 1 aliphatic carbocycles. The molecule has 39 heavy (non-hydrogen) atoms. The zero-order valence-corrected chi connectivity index (χ0v) is 23.6. The first-order valence-corrected chi connectivity index (χ1v) is 14.8. The van der Waals surface area contributed by atoms with E-state index in [-0.39, 0.29) is 49.2 Å². The predicted octanol–water partition coefficient (Wildman–Crippen LogP) is 5.50. The van der Waals surface area contributed by atoms with Crippen LogP contribution in [0.4, 0.5) is 0 Å². The summed E-state index contributed by atoms with van der Waals surface area (Å²) in [6.07, 6.45) is 12.6. The normalized spacial score (nSPS) is 19.9. The lowest BCUT2D eigenvalue weighted by molar-refractivity contribution is -0.152. The second-order valence-corrected chi connectivity index (χ2v) is 10.6. The zero-order valence-electron chi connectivity index (χ0n) is 23.6. The number of carbonyl (C=O) groups excluding carboxylic acids is 3. The maximum atomic E-state index is 12.4. The highest BCUT2D eigenvalue weighted by molar-refractivity contribution is 5.84. The third-order valence-corrected chi connectivity index (χ3v) is 7.34. The molecule has 0 heterocycles. The number of rotatable bonds is 20. The summed E-state index contributed by atoms with van der Waals surface area (Å²) in [5, 5.41) is 20.5. The van der Waals surface area contributed by atoms with Gasteiger partial charge >= 0.3 is 11.9 Å². The molecule has 0 spiro atoms. The number of esters is 2. The Balaban J connectivity index is 1.50. The molecule has 0 saturated heterocycles. The maximum Gasteiger partial charge on any atom is 0.305 e. The van der Waals surface area contributed by atoms with E-state index in [1.54, 1.807) is 6.08 Å². The molecular formula is C32H48O7. The summed E-state index contributed by atoms with van der Waals surface area (Å²) in [5.74, 6) is -0.919. The van der Waals surface area contributed by atoms with Gasteiger partial charge in [-0.2, -0.15) is 0 Å². The molecule has 0 unspecified atom stereocenters. The van der Waals surface area contributed by atoms with E-state index in [0.717, 1.165) is 51.4 Å². The first kappa shape index (κ1) is 32.7. The van der Waals surface area contributed by atoms with E-state index in [1.807, 2.05) is 36.4 Å². The SMILES string of the molecule is CCCCC[C@H](O)/C=C/[C@H]1[C@H](O)CC(=O)[C@@H]1CCCCCCC(=O)OCCOC(=O)CCCc1ccccc1. The van der Waals surface area contributed by atoms with Gasteiger partial charge in [-0.15, -0.1) is 0 Å². The van der Waals surface area contributed by atoms with Crippen LogP contribution in [-0.4, -0.2) is 53.4 Å². The summed E-state index contributed by atoms with van der Waals surface area (Å²) >= 11 is 0. The smallest absolute Gasteiger partial charge is 0.305 e. The number of hydrogen-bond donors (Lipinski definition) is 2. The van der Waals surface area contributed by atoms with Crippen molar-refractivity contribution in [3.05, 3.63) is 48.0 Å². The number of hydrogen-bond acceptors (Lipinski definition) is 7. The molecule has 2 rings (SSSR count). The minimum absolute atomic E-state index is 0.0670. The molecule has 1 saturated carbocycles. The topological polar surface area (TPSA) is 110 Å². The Morgan fingerprint density at radius 2 is 1.62 bits per heavy atom. The lowest BCUT2D eigenvalue weighted by atomic mass is 9.88. The highest BCUT2D eigenvalue weighted by Gasteiger charge is 2.39. The molecule has 4 atom stereocenters. The lowest BCUT2D eigenvalue weighted by Gasteiger charge is -2.18. The third kappa shape index (κ3) is 13.9. The van der Waals surface area contributed by atoms with E-state index < -0.39 is 12.2 Å². The molecule has 1 aromatic carbocycles. The molecular weight excluding hydrogens is 496 g/mol. The van der Waals surface area contributed by atoms with Gasteiger partial charge in [-0.1, -0.05) is 87.9 Å². The monoisotopic (exact) mass is 544 g/mol. The average molecular weight is 545 g/mol. The minimum Gasteiger partial charge on any atom is -0.462 e. The van der Waals surface area contributed by atoms with Gasteiger partial charge in [0.25, 0.3) is 0 Å². The molecule has 0 radical (unpaired) electrons. The minimum atomic E-state index is -0.676. The van der Waals surface area contributed by atoms with Gasteiger partial charge in [0, 0.05) is 31.1 Å². The quantitative estimate of drug-likeness (QED) is 0.127. The number of aliphatic hydroxyl groups excluding tert-OH is 2. The van der Waals surface area contributed by atoms with E-state index >= 15 is 0 Å². The molecule has 0 aromatic heterocycles. The third-order valence-electron chi connectivity index (χ3n) is 7.34. The van der Waals surface area contributed by atoms with Gasteiger partial charge in [-0.3, -0.25) is 14.4 Å². The van der Waals surface area contributed by atoms with Crippen LogP contribution in [0.1, 0.15) is 96.0 Å². The molecule has 7 nitrogen and oxygen atoms in total. The van der Waals surface area contributed by atoms with Crippen LogP contribution < -0.4 is 0 Å². The van der Waals surface area contributed by atoms with Crippen molar-refractivity contribution in [1.82, 2.24) is 0 Å². The van der Waals surface area contributed by atoms with Crippen molar-refractivity contribution in [2.45, 2.75) is 109 Å². The number of carbonyl (C=O) groups is 3. The molecule has 2 N–H and O–H groups in total. The Morgan fingerprint density at radius 3 is 2.31 bits per heavy atom. The number of benzene rings is 1. The van der Waals surface area contributed by atoms with Crippen LogP contribution in [0.3, 0.4) is 0 Å². The summed E-state index contributed by atoms with van der Waals surface area (Å²) in [4.78, 5) is 36.1. The van der Waals surface area contributed by atoms with Gasteiger partial charge in [0.1, 0.15) is 19.0 Å². The standard InChI is InChI=1S/C32H48O7/c1-2-3-7-16-26(33)20-21-28-27(29(34)24-30(28)35)17-10-4-5-11-18-31(36)38-22-23-39-32(37)19-12-15-25-13-8-6-9-14-25/h6,8-9,13-14,20-21,26-28,30,33,35H,2-5,7,10-12,15-19,22-24H2,1H3/b21-20+/t26-,27+,28+,30+/m0/s1. The van der Waals surface area contributed by atoms with Crippen molar-refractivity contribution >= 4 is 17.7 Å². The van der Waals surface area contributed by atoms with Crippen molar-refractivity contribution in [2.75, 3.05) is 13.2 Å². The van der Waals surface area contributed by atoms with Crippen molar-refractivity contribution in [3.8, 4) is 0 Å². The van der Waals surface area contributed by atoms with Crippen molar-refractivity contribution in [2.24, 2.45) is 11.8 Å². The number of ether oxygens (including phenoxy) is 2. The number of ketones is 1. The van der Waals surface area contributed by atoms with E-state index in [4.69, 9.17) is 9.47 Å². The first-order chi connectivity index (χ1) is 18.9. The van der Waals surface area contributed by atoms with Crippen LogP contribution in [0.2, 0.25) is 0 Å². The van der Waals surface area contributed by atoms with Gasteiger partial charge in [0.2, 0.25) is 0 Å². The largest absolute Gasteiger partial charge is 0.462 e. The second-order valence-electron chi connectivity index (χ2n) is 10.6. The van der Waals surface area contributed by atoms with Crippen LogP contribution in [0.25, 0.3) is 0 Å². The van der Waals surface area contributed by atoms with Gasteiger partial charge in [0.05, 0.1) is 12.2 Å². The number of aliphatic hydroxyl groups is 2. The van der Waals surface area contributed by atoms with E-state index in [0.29, 0.717) is 32.1 Å². The fourth-order valence-corrected chi connectivity index (χ4v) is 5.07. The second kappa shape index (κ2) is 19.5. The zero-order chi connectivity index (χ0) is 28.3. The number of aryl methyl sites for hydroxylation is 1. The molecule has 0 aliphatic heterocycles. The average Bonchev–Trinajstić information content (AvgIpc) is 3.19. The summed E-state index contributed by atoms with van der Waals surface area (Å²) in [6, 6.07) is 9.98. The predicted molar refractivity (Wildman–Crippen MR) is 151 cm³/mol. The van der Waals surface area contributed by atoms with Crippen LogP contribution in [-0.2, 0) is 30.3 Å². The van der Waals surface area contributed by atoms with Gasteiger partial charge < -0.3 is 19.7 Å². The van der Waals surface area contributed by atoms with Crippen LogP contribution in [0, 0.1) is 11.8 Å². The molecule has 0 bridgehead atoms. The van der Waals surface area contributed by atoms with Crippen LogP contribution in [0.15, 0.2) is 42.5 Å². The van der Waals surface area contributed by atoms with Crippen molar-refractivity contribution in [1.29, 1.82) is 0 Å². The summed E-state index contributed by atoms with van der Waals surface area (Å²) in [5.41, 5.74) is 1.19. The van der Waals surface area contributed by atoms with E-state index in [9.17, 15) is 24.6 Å². The Morgan fingerprint density at radius 1 is 0.949 bits per heavy atom. The van der Waals surface area contributed by atoms with Gasteiger partial charge in [-0.25, -0.2) is 0 Å². The van der Waals surface area contributed by atoms with E-state index in [2.05, 4.69) is 6.92 Å². The fraction of sp³-hybridized carbons (Fsp3) is 0.656. The fourth-order valence-electron chi connectivity index (χ4n) is 5.07. The highest BCUT2D eigenvalue weighted by atomic mass is 16.6. The Bertz CT molecular complexity index is 867. The van der Waals surface area contributed by atoms with Gasteiger partial charge in [-0.05, 0) is 37.7 Å².